The number of hydrogen-bond acceptors (Lipinski definition) is 4. The molecule has 1 aromatic heterocycles. The van der Waals surface area contributed by atoms with Crippen LogP contribution in [0.4, 0.5) is 5.69 Å². The van der Waals surface area contributed by atoms with E-state index in [0.717, 1.165) is 30.8 Å². The smallest absolute Gasteiger partial charge is 0.228 e. The van der Waals surface area contributed by atoms with E-state index in [1.165, 1.54) is 0 Å². The van der Waals surface area contributed by atoms with Crippen LogP contribution in [0, 0.1) is 25.7 Å². The fourth-order valence-corrected chi connectivity index (χ4v) is 3.13. The normalized spacial score (nSPS) is 22.0. The topological polar surface area (TPSA) is 87.0 Å². The van der Waals surface area contributed by atoms with Gasteiger partial charge in [0.2, 0.25) is 5.91 Å². The summed E-state index contributed by atoms with van der Waals surface area (Å²) in [7, 11) is 0. The molecule has 0 aliphatic heterocycles. The predicted octanol–water partition coefficient (Wildman–Crippen LogP) is 1.01. The summed E-state index contributed by atoms with van der Waals surface area (Å²) in [5.74, 6) is -2.54. The summed E-state index contributed by atoms with van der Waals surface area (Å²) in [6, 6.07) is 0. The van der Waals surface area contributed by atoms with E-state index in [9.17, 15) is 14.7 Å². The molecule has 1 fully saturated rings. The monoisotopic (exact) mass is 292 g/mol. The Hall–Kier alpha value is -1.85. The van der Waals surface area contributed by atoms with Crippen LogP contribution in [-0.4, -0.2) is 21.7 Å². The number of hydrogen-bond donors (Lipinski definition) is 1. The Balaban J connectivity index is 2.17. The highest BCUT2D eigenvalue weighted by molar-refractivity contribution is 5.95. The van der Waals surface area contributed by atoms with Crippen molar-refractivity contribution < 1.29 is 14.7 Å². The molecular weight excluding hydrogens is 270 g/mol. The van der Waals surface area contributed by atoms with Gasteiger partial charge in [-0.05, 0) is 33.6 Å². The van der Waals surface area contributed by atoms with E-state index in [1.54, 1.807) is 0 Å². The number of rotatable bonds is 4. The Labute approximate surface area is 124 Å². The average molecular weight is 292 g/mol. The number of amides is 1. The minimum atomic E-state index is -1.12. The lowest BCUT2D eigenvalue weighted by atomic mass is 9.78. The Morgan fingerprint density at radius 2 is 1.90 bits per heavy atom. The molecule has 1 amide bonds. The lowest BCUT2D eigenvalue weighted by molar-refractivity contribution is -0.313. The number of nitrogens with zero attached hydrogens (tertiary/aromatic N) is 2. The van der Waals surface area contributed by atoms with Gasteiger partial charge in [-0.1, -0.05) is 12.8 Å². The van der Waals surface area contributed by atoms with Crippen molar-refractivity contribution in [1.29, 1.82) is 0 Å². The molecule has 0 spiro atoms. The van der Waals surface area contributed by atoms with E-state index in [0.29, 0.717) is 18.5 Å². The zero-order chi connectivity index (χ0) is 15.6. The van der Waals surface area contributed by atoms with E-state index in [2.05, 4.69) is 10.4 Å². The van der Waals surface area contributed by atoms with Gasteiger partial charge in [0.05, 0.1) is 17.1 Å². The second-order valence-electron chi connectivity index (χ2n) is 5.67. The Kier molecular flexibility index (Phi) is 4.65. The van der Waals surface area contributed by atoms with Gasteiger partial charge in [-0.25, -0.2) is 0 Å². The maximum absolute atomic E-state index is 12.4. The van der Waals surface area contributed by atoms with Gasteiger partial charge in [0, 0.05) is 24.3 Å². The number of aliphatic carboxylic acids is 1. The van der Waals surface area contributed by atoms with Crippen molar-refractivity contribution in [2.45, 2.75) is 53.0 Å². The van der Waals surface area contributed by atoms with Gasteiger partial charge in [-0.3, -0.25) is 9.48 Å². The third kappa shape index (κ3) is 3.09. The first-order valence-corrected chi connectivity index (χ1v) is 7.51. The molecule has 1 aromatic rings. The SMILES string of the molecule is CCn1nc(C)c(NC(=O)C2CCCCC2C(=O)[O-])c1C. The van der Waals surface area contributed by atoms with Gasteiger partial charge < -0.3 is 15.2 Å². The number of aryl methyl sites for hydroxylation is 2. The molecule has 1 saturated carbocycles. The molecule has 21 heavy (non-hydrogen) atoms. The summed E-state index contributed by atoms with van der Waals surface area (Å²) >= 11 is 0. The molecule has 6 heteroatoms. The highest BCUT2D eigenvalue weighted by atomic mass is 16.4. The van der Waals surface area contributed by atoms with Crippen LogP contribution < -0.4 is 10.4 Å². The second-order valence-corrected chi connectivity index (χ2v) is 5.67. The summed E-state index contributed by atoms with van der Waals surface area (Å²) in [5.41, 5.74) is 2.34. The third-order valence-electron chi connectivity index (χ3n) is 4.33. The molecule has 2 rings (SSSR count). The van der Waals surface area contributed by atoms with Crippen LogP contribution in [0.2, 0.25) is 0 Å². The molecule has 0 bridgehead atoms. The van der Waals surface area contributed by atoms with Gasteiger partial charge in [-0.2, -0.15) is 5.10 Å². The molecule has 1 aliphatic rings. The number of anilines is 1. The number of nitrogens with one attached hydrogen (secondary N) is 1. The Morgan fingerprint density at radius 3 is 2.43 bits per heavy atom. The van der Waals surface area contributed by atoms with Gasteiger partial charge >= 0.3 is 0 Å². The first-order valence-electron chi connectivity index (χ1n) is 7.51. The highest BCUT2D eigenvalue weighted by Gasteiger charge is 2.32. The quantitative estimate of drug-likeness (QED) is 0.897. The van der Waals surface area contributed by atoms with Crippen molar-refractivity contribution in [3.8, 4) is 0 Å². The van der Waals surface area contributed by atoms with Gasteiger partial charge in [0.25, 0.3) is 0 Å². The number of carboxylic acid groups (broad SMARTS) is 1. The number of carbonyl (C=O) groups is 2. The van der Waals surface area contributed by atoms with Crippen molar-refractivity contribution in [2.75, 3.05) is 5.32 Å². The van der Waals surface area contributed by atoms with Crippen LogP contribution in [0.1, 0.15) is 44.0 Å². The molecule has 2 atom stereocenters. The summed E-state index contributed by atoms with van der Waals surface area (Å²) in [6.07, 6.45) is 2.85. The van der Waals surface area contributed by atoms with Gasteiger partial charge in [0.1, 0.15) is 0 Å². The van der Waals surface area contributed by atoms with Crippen molar-refractivity contribution in [3.63, 3.8) is 0 Å². The molecular formula is C15H22N3O3-. The van der Waals surface area contributed by atoms with E-state index < -0.39 is 17.8 Å². The molecule has 1 aliphatic carbocycles. The van der Waals surface area contributed by atoms with Crippen LogP contribution in [0.5, 0.6) is 0 Å². The first-order chi connectivity index (χ1) is 9.95. The first kappa shape index (κ1) is 15.5. The third-order valence-corrected chi connectivity index (χ3v) is 4.33. The number of aromatic nitrogens is 2. The van der Waals surface area contributed by atoms with E-state index >= 15 is 0 Å². The zero-order valence-electron chi connectivity index (χ0n) is 12.8. The minimum absolute atomic E-state index is 0.231. The van der Waals surface area contributed by atoms with E-state index in [1.807, 2.05) is 25.5 Å². The highest BCUT2D eigenvalue weighted by Crippen LogP contribution is 2.31. The number of carboxylic acids is 1. The summed E-state index contributed by atoms with van der Waals surface area (Å²) < 4.78 is 1.82. The predicted molar refractivity (Wildman–Crippen MR) is 76.5 cm³/mol. The van der Waals surface area contributed by atoms with Gasteiger partial charge in [-0.15, -0.1) is 0 Å². The van der Waals surface area contributed by atoms with Gasteiger partial charge in [0.15, 0.2) is 0 Å². The summed E-state index contributed by atoms with van der Waals surface area (Å²) in [5, 5.41) is 18.4. The van der Waals surface area contributed by atoms with Crippen molar-refractivity contribution in [1.82, 2.24) is 9.78 Å². The van der Waals surface area contributed by atoms with Crippen molar-refractivity contribution in [2.24, 2.45) is 11.8 Å². The Morgan fingerprint density at radius 1 is 1.29 bits per heavy atom. The minimum Gasteiger partial charge on any atom is -0.550 e. The fourth-order valence-electron chi connectivity index (χ4n) is 3.13. The standard InChI is InChI=1S/C15H23N3O3/c1-4-18-10(3)13(9(2)17-18)16-14(19)11-7-5-6-8-12(11)15(20)21/h11-12H,4-8H2,1-3H3,(H,16,19)(H,20,21)/p-1. The maximum Gasteiger partial charge on any atom is 0.228 e. The zero-order valence-corrected chi connectivity index (χ0v) is 12.8. The molecule has 1 N–H and O–H groups in total. The van der Waals surface area contributed by atoms with E-state index in [-0.39, 0.29) is 5.91 Å². The Bertz CT molecular complexity index is 551. The van der Waals surface area contributed by atoms with Crippen LogP contribution in [-0.2, 0) is 16.1 Å². The fraction of sp³-hybridized carbons (Fsp3) is 0.667. The summed E-state index contributed by atoms with van der Waals surface area (Å²) in [6.45, 7) is 6.45. The lowest BCUT2D eigenvalue weighted by Crippen LogP contribution is -2.42. The maximum atomic E-state index is 12.4. The molecule has 0 radical (unpaired) electrons. The second kappa shape index (κ2) is 6.28. The molecule has 1 heterocycles. The molecule has 0 aromatic carbocycles. The van der Waals surface area contributed by atoms with E-state index in [4.69, 9.17) is 0 Å². The molecule has 2 unspecified atom stereocenters. The van der Waals surface area contributed by atoms with Crippen LogP contribution in [0.25, 0.3) is 0 Å². The van der Waals surface area contributed by atoms with Crippen molar-refractivity contribution >= 4 is 17.6 Å². The van der Waals surface area contributed by atoms with Crippen LogP contribution in [0.15, 0.2) is 0 Å². The van der Waals surface area contributed by atoms with Crippen LogP contribution in [0.3, 0.4) is 0 Å². The molecule has 6 nitrogen and oxygen atoms in total. The van der Waals surface area contributed by atoms with Crippen molar-refractivity contribution in [3.05, 3.63) is 11.4 Å². The van der Waals surface area contributed by atoms with Crippen LogP contribution >= 0.6 is 0 Å². The average Bonchev–Trinajstić information content (AvgIpc) is 2.74. The molecule has 0 saturated heterocycles. The lowest BCUT2D eigenvalue weighted by Gasteiger charge is -2.31. The largest absolute Gasteiger partial charge is 0.550 e. The number of carbonyl (C=O) groups excluding carboxylic acids is 2. The summed E-state index contributed by atoms with van der Waals surface area (Å²) in [4.78, 5) is 23.6. The molecule has 116 valence electrons.